The summed E-state index contributed by atoms with van der Waals surface area (Å²) in [7, 11) is 0. The summed E-state index contributed by atoms with van der Waals surface area (Å²) < 4.78 is 2.38. The first-order chi connectivity index (χ1) is 23.3. The van der Waals surface area contributed by atoms with E-state index in [0.29, 0.717) is 0 Å². The van der Waals surface area contributed by atoms with Crippen LogP contribution in [-0.4, -0.2) is 9.55 Å². The van der Waals surface area contributed by atoms with E-state index in [9.17, 15) is 0 Å². The highest BCUT2D eigenvalue weighted by atomic mass is 15.0. The van der Waals surface area contributed by atoms with Crippen LogP contribution in [0.4, 0.5) is 0 Å². The predicted molar refractivity (Wildman–Crippen MR) is 199 cm³/mol. The average Bonchev–Trinajstić information content (AvgIpc) is 3.49. The summed E-state index contributed by atoms with van der Waals surface area (Å²) in [4.78, 5) is 4.57. The lowest BCUT2D eigenvalue weighted by atomic mass is 9.85. The van der Waals surface area contributed by atoms with Crippen LogP contribution < -0.4 is 0 Å². The lowest BCUT2D eigenvalue weighted by Crippen LogP contribution is -1.94. The maximum Gasteiger partial charge on any atom is 0.0701 e. The van der Waals surface area contributed by atoms with Crippen molar-refractivity contribution in [1.29, 1.82) is 0 Å². The van der Waals surface area contributed by atoms with Crippen LogP contribution in [0.1, 0.15) is 0 Å². The van der Waals surface area contributed by atoms with Crippen LogP contribution in [0.25, 0.3) is 93.3 Å². The van der Waals surface area contributed by atoms with Crippen LogP contribution in [-0.2, 0) is 0 Å². The second-order valence-electron chi connectivity index (χ2n) is 12.4. The average molecular weight is 597 g/mol. The van der Waals surface area contributed by atoms with Crippen molar-refractivity contribution < 1.29 is 0 Å². The second kappa shape index (κ2) is 10.1. The van der Waals surface area contributed by atoms with Gasteiger partial charge in [0.2, 0.25) is 0 Å². The Bertz CT molecular complexity index is 2680. The van der Waals surface area contributed by atoms with Crippen molar-refractivity contribution >= 4 is 54.1 Å². The molecule has 0 aliphatic heterocycles. The molecule has 0 saturated carbocycles. The predicted octanol–water partition coefficient (Wildman–Crippen LogP) is 12.1. The molecule has 8 aromatic carbocycles. The molecule has 2 aromatic heterocycles. The smallest absolute Gasteiger partial charge is 0.0701 e. The summed E-state index contributed by atoms with van der Waals surface area (Å²) in [6.45, 7) is 0. The number of hydrogen-bond donors (Lipinski definition) is 0. The molecule has 0 bridgehead atoms. The van der Waals surface area contributed by atoms with Crippen LogP contribution in [0.15, 0.2) is 170 Å². The molecule has 218 valence electrons. The SMILES string of the molecule is c1ccc(-c2ccc(-c3cc(-c4ccc(-n5c6ccccc6c6ccccc65)cc4)c4ccc5cccc6ccc3c4c65)cc2)nc1. The van der Waals surface area contributed by atoms with Gasteiger partial charge in [0.1, 0.15) is 0 Å². The molecular formula is C45H28N2. The van der Waals surface area contributed by atoms with Gasteiger partial charge in [0.25, 0.3) is 0 Å². The molecule has 10 rings (SSSR count). The quantitative estimate of drug-likeness (QED) is 0.185. The monoisotopic (exact) mass is 596 g/mol. The Morgan fingerprint density at radius 3 is 1.53 bits per heavy atom. The fraction of sp³-hybridized carbons (Fsp3) is 0. The van der Waals surface area contributed by atoms with Gasteiger partial charge in [-0.25, -0.2) is 0 Å². The number of fused-ring (bicyclic) bond motifs is 3. The summed E-state index contributed by atoms with van der Waals surface area (Å²) in [5.41, 5.74) is 10.6. The zero-order valence-corrected chi connectivity index (χ0v) is 25.6. The molecule has 0 radical (unpaired) electrons. The van der Waals surface area contributed by atoms with Crippen molar-refractivity contribution in [2.45, 2.75) is 0 Å². The summed E-state index contributed by atoms with van der Waals surface area (Å²) in [6, 6.07) is 59.6. The van der Waals surface area contributed by atoms with Crippen LogP contribution in [0.2, 0.25) is 0 Å². The second-order valence-corrected chi connectivity index (χ2v) is 12.4. The fourth-order valence-electron chi connectivity index (χ4n) is 7.65. The number of para-hydroxylation sites is 2. The number of pyridine rings is 1. The van der Waals surface area contributed by atoms with E-state index < -0.39 is 0 Å². The molecule has 2 heterocycles. The Kier molecular flexibility index (Phi) is 5.61. The lowest BCUT2D eigenvalue weighted by molar-refractivity contribution is 1.18. The molecule has 0 aliphatic carbocycles. The largest absolute Gasteiger partial charge is 0.309 e. The van der Waals surface area contributed by atoms with E-state index in [-0.39, 0.29) is 0 Å². The Morgan fingerprint density at radius 2 is 0.936 bits per heavy atom. The fourth-order valence-corrected chi connectivity index (χ4v) is 7.65. The number of hydrogen-bond acceptors (Lipinski definition) is 1. The first kappa shape index (κ1) is 26.0. The van der Waals surface area contributed by atoms with E-state index in [1.165, 1.54) is 76.4 Å². The van der Waals surface area contributed by atoms with Gasteiger partial charge >= 0.3 is 0 Å². The zero-order chi connectivity index (χ0) is 30.9. The highest BCUT2D eigenvalue weighted by molar-refractivity contribution is 6.28. The van der Waals surface area contributed by atoms with Crippen molar-refractivity contribution in [1.82, 2.24) is 9.55 Å². The molecule has 10 aromatic rings. The minimum atomic E-state index is 0.985. The number of rotatable bonds is 4. The van der Waals surface area contributed by atoms with Gasteiger partial charge in [0, 0.05) is 28.2 Å². The molecule has 0 atom stereocenters. The van der Waals surface area contributed by atoms with Gasteiger partial charge in [-0.15, -0.1) is 0 Å². The van der Waals surface area contributed by atoms with Crippen LogP contribution in [0.3, 0.4) is 0 Å². The van der Waals surface area contributed by atoms with Crippen molar-refractivity contribution in [3.8, 4) is 39.2 Å². The Balaban J connectivity index is 1.19. The maximum atomic E-state index is 4.57. The van der Waals surface area contributed by atoms with Crippen molar-refractivity contribution in [2.75, 3.05) is 0 Å². The van der Waals surface area contributed by atoms with Crippen LogP contribution in [0.5, 0.6) is 0 Å². The highest BCUT2D eigenvalue weighted by Crippen LogP contribution is 2.44. The minimum absolute atomic E-state index is 0.985. The molecule has 0 N–H and O–H groups in total. The topological polar surface area (TPSA) is 17.8 Å². The van der Waals surface area contributed by atoms with E-state index in [4.69, 9.17) is 0 Å². The van der Waals surface area contributed by atoms with Crippen LogP contribution >= 0.6 is 0 Å². The molecule has 47 heavy (non-hydrogen) atoms. The Hall–Kier alpha value is -6.25. The summed E-state index contributed by atoms with van der Waals surface area (Å²) >= 11 is 0. The number of nitrogens with zero attached hydrogens (tertiary/aromatic N) is 2. The molecule has 0 aliphatic rings. The van der Waals surface area contributed by atoms with Gasteiger partial charge in [-0.05, 0) is 97.0 Å². The first-order valence-corrected chi connectivity index (χ1v) is 16.1. The van der Waals surface area contributed by atoms with Crippen molar-refractivity contribution in [3.63, 3.8) is 0 Å². The van der Waals surface area contributed by atoms with Crippen molar-refractivity contribution in [3.05, 3.63) is 170 Å². The molecule has 2 nitrogen and oxygen atoms in total. The summed E-state index contributed by atoms with van der Waals surface area (Å²) in [5.74, 6) is 0. The molecule has 0 fully saturated rings. The van der Waals surface area contributed by atoms with Gasteiger partial charge in [0.15, 0.2) is 0 Å². The number of benzene rings is 8. The minimum Gasteiger partial charge on any atom is -0.309 e. The zero-order valence-electron chi connectivity index (χ0n) is 25.6. The van der Waals surface area contributed by atoms with Gasteiger partial charge < -0.3 is 4.57 Å². The molecule has 0 spiro atoms. The normalized spacial score (nSPS) is 11.8. The molecular weight excluding hydrogens is 569 g/mol. The molecule has 0 saturated heterocycles. The Labute approximate surface area is 272 Å². The molecule has 0 unspecified atom stereocenters. The molecule has 2 heteroatoms. The standard InChI is InChI=1S/C45H28N2/c1-3-13-42-35(10-1)36-11-2-4-14-43(36)47(42)34-23-19-30(20-24-34)40-28-39(29-15-17-31(18-16-29)41-12-5-6-27-46-41)37-25-21-32-8-7-9-33-22-26-38(40)45(37)44(32)33/h1-28H. The molecule has 0 amide bonds. The highest BCUT2D eigenvalue weighted by Gasteiger charge is 2.18. The van der Waals surface area contributed by atoms with E-state index >= 15 is 0 Å². The third-order valence-electron chi connectivity index (χ3n) is 9.82. The van der Waals surface area contributed by atoms with Gasteiger partial charge in [0.05, 0.1) is 16.7 Å². The van der Waals surface area contributed by atoms with Crippen LogP contribution in [0, 0.1) is 0 Å². The third-order valence-corrected chi connectivity index (χ3v) is 9.82. The van der Waals surface area contributed by atoms with Gasteiger partial charge in [-0.2, -0.15) is 0 Å². The van der Waals surface area contributed by atoms with Crippen molar-refractivity contribution in [2.24, 2.45) is 0 Å². The maximum absolute atomic E-state index is 4.57. The van der Waals surface area contributed by atoms with E-state index in [0.717, 1.165) is 16.9 Å². The Morgan fingerprint density at radius 1 is 0.383 bits per heavy atom. The number of aromatic nitrogens is 2. The van der Waals surface area contributed by atoms with Gasteiger partial charge in [-0.1, -0.05) is 121 Å². The van der Waals surface area contributed by atoms with E-state index in [1.807, 2.05) is 18.3 Å². The van der Waals surface area contributed by atoms with E-state index in [2.05, 4.69) is 161 Å². The third kappa shape index (κ3) is 3.95. The lowest BCUT2D eigenvalue weighted by Gasteiger charge is -2.18. The van der Waals surface area contributed by atoms with E-state index in [1.54, 1.807) is 0 Å². The first-order valence-electron chi connectivity index (χ1n) is 16.1. The summed E-state index contributed by atoms with van der Waals surface area (Å²) in [5, 5.41) is 10.3. The summed E-state index contributed by atoms with van der Waals surface area (Å²) in [6.07, 6.45) is 1.85. The van der Waals surface area contributed by atoms with Gasteiger partial charge in [-0.3, -0.25) is 4.98 Å².